The molecule has 0 spiro atoms. The molecule has 37 heavy (non-hydrogen) atoms. The van der Waals surface area contributed by atoms with Gasteiger partial charge >= 0.3 is 0 Å². The summed E-state index contributed by atoms with van der Waals surface area (Å²) in [5.41, 5.74) is 3.06. The molecule has 10 nitrogen and oxygen atoms in total. The summed E-state index contributed by atoms with van der Waals surface area (Å²) in [7, 11) is 0. The van der Waals surface area contributed by atoms with Crippen LogP contribution in [0.25, 0.3) is 5.65 Å². The van der Waals surface area contributed by atoms with Crippen molar-refractivity contribution in [3.63, 3.8) is 0 Å². The van der Waals surface area contributed by atoms with Crippen LogP contribution >= 0.6 is 0 Å². The number of rotatable bonds is 3. The van der Waals surface area contributed by atoms with Crippen molar-refractivity contribution in [2.75, 3.05) is 19.6 Å². The maximum Gasteiger partial charge on any atom is 0.300 e. The molecule has 2 atom stereocenters. The van der Waals surface area contributed by atoms with Crippen molar-refractivity contribution in [2.24, 2.45) is 0 Å². The Morgan fingerprint density at radius 1 is 0.973 bits per heavy atom. The maximum absolute atomic E-state index is 12.9. The lowest BCUT2D eigenvalue weighted by Crippen LogP contribution is -2.50. The summed E-state index contributed by atoms with van der Waals surface area (Å²) in [6, 6.07) is 16.3. The lowest BCUT2D eigenvalue weighted by atomic mass is 9.70. The number of piperidine rings is 1. The molecule has 198 valence electrons. The Morgan fingerprint density at radius 2 is 1.57 bits per heavy atom. The van der Waals surface area contributed by atoms with E-state index in [0.717, 1.165) is 38.0 Å². The SMILES string of the molecule is CC(=O)O.CC(=O)O.O=C([C@H]1C[C@@H](O)CN1)N1CCC(c2ccccc2)(c2cn3ccccc3n2)CC1. The summed E-state index contributed by atoms with van der Waals surface area (Å²) in [5.74, 6) is -1.56. The highest BCUT2D eigenvalue weighted by Crippen LogP contribution is 2.41. The Bertz CT molecular complexity index is 1150. The van der Waals surface area contributed by atoms with Crippen molar-refractivity contribution in [1.29, 1.82) is 0 Å². The Labute approximate surface area is 215 Å². The molecule has 0 aliphatic carbocycles. The summed E-state index contributed by atoms with van der Waals surface area (Å²) in [6.07, 6.45) is 5.92. The third-order valence-electron chi connectivity index (χ3n) is 6.52. The molecular formula is C27H34N4O6. The number of carboxylic acid groups (broad SMARTS) is 2. The Morgan fingerprint density at radius 3 is 2.11 bits per heavy atom. The fourth-order valence-corrected chi connectivity index (χ4v) is 4.85. The minimum Gasteiger partial charge on any atom is -0.481 e. The second-order valence-electron chi connectivity index (χ2n) is 9.25. The van der Waals surface area contributed by atoms with Crippen molar-refractivity contribution < 1.29 is 29.7 Å². The quantitative estimate of drug-likeness (QED) is 0.420. The fourth-order valence-electron chi connectivity index (χ4n) is 4.85. The smallest absolute Gasteiger partial charge is 0.300 e. The molecule has 10 heteroatoms. The Balaban J connectivity index is 0.000000420. The number of carboxylic acids is 2. The number of nitrogens with zero attached hydrogens (tertiary/aromatic N) is 3. The third kappa shape index (κ3) is 7.14. The molecule has 5 rings (SSSR count). The van der Waals surface area contributed by atoms with Crippen molar-refractivity contribution in [1.82, 2.24) is 19.6 Å². The third-order valence-corrected chi connectivity index (χ3v) is 6.52. The second kappa shape index (κ2) is 12.5. The number of likely N-dealkylation sites (tertiary alicyclic amines) is 1. The van der Waals surface area contributed by atoms with Crippen molar-refractivity contribution in [2.45, 2.75) is 50.7 Å². The summed E-state index contributed by atoms with van der Waals surface area (Å²) in [5, 5.41) is 27.7. The first kappa shape index (κ1) is 27.8. The van der Waals surface area contributed by atoms with Crippen LogP contribution in [-0.4, -0.2) is 79.2 Å². The van der Waals surface area contributed by atoms with E-state index in [0.29, 0.717) is 26.1 Å². The van der Waals surface area contributed by atoms with Gasteiger partial charge in [-0.25, -0.2) is 4.98 Å². The number of nitrogens with one attached hydrogen (secondary N) is 1. The molecule has 0 saturated carbocycles. The second-order valence-corrected chi connectivity index (χ2v) is 9.25. The zero-order chi connectivity index (χ0) is 27.0. The van der Waals surface area contributed by atoms with Crippen LogP contribution in [0.5, 0.6) is 0 Å². The van der Waals surface area contributed by atoms with Crippen LogP contribution in [0.2, 0.25) is 0 Å². The number of β-amino-alcohol motifs (C(OH)–C–C–N with tert-alkyl or cyclic N) is 1. The van der Waals surface area contributed by atoms with Gasteiger partial charge in [-0.2, -0.15) is 0 Å². The molecule has 4 heterocycles. The van der Waals surface area contributed by atoms with E-state index in [2.05, 4.69) is 40.2 Å². The van der Waals surface area contributed by atoms with Gasteiger partial charge in [0.15, 0.2) is 0 Å². The first-order valence-corrected chi connectivity index (χ1v) is 12.2. The number of hydrogen-bond donors (Lipinski definition) is 4. The monoisotopic (exact) mass is 510 g/mol. The van der Waals surface area contributed by atoms with E-state index >= 15 is 0 Å². The average molecular weight is 511 g/mol. The summed E-state index contributed by atoms with van der Waals surface area (Å²) >= 11 is 0. The molecule has 2 aliphatic heterocycles. The van der Waals surface area contributed by atoms with Gasteiger partial charge in [0.25, 0.3) is 11.9 Å². The van der Waals surface area contributed by atoms with E-state index in [-0.39, 0.29) is 17.4 Å². The maximum atomic E-state index is 12.9. The van der Waals surface area contributed by atoms with Gasteiger partial charge < -0.3 is 29.9 Å². The normalized spacial score (nSPS) is 20.2. The van der Waals surface area contributed by atoms with Crippen molar-refractivity contribution >= 4 is 23.5 Å². The number of imidazole rings is 1. The number of hydrogen-bond acceptors (Lipinski definition) is 6. The highest BCUT2D eigenvalue weighted by molar-refractivity contribution is 5.82. The van der Waals surface area contributed by atoms with Crippen LogP contribution in [0.3, 0.4) is 0 Å². The standard InChI is InChI=1S/C23H26N4O2.2C2H4O2/c28-18-14-19(24-15-18)22(29)26-12-9-23(10-13-26,17-6-2-1-3-7-17)20-16-27-11-5-4-8-21(27)25-20;2*1-2(3)4/h1-8,11,16,18-19,24,28H,9-10,12-15H2;2*1H3,(H,3,4)/t18-,19-;;/m1../s1. The highest BCUT2D eigenvalue weighted by Gasteiger charge is 2.42. The minimum atomic E-state index is -0.833. The average Bonchev–Trinajstić information content (AvgIpc) is 3.50. The number of fused-ring (bicyclic) bond motifs is 1. The molecule has 1 aromatic carbocycles. The van der Waals surface area contributed by atoms with Crippen LogP contribution in [0.1, 0.15) is 44.4 Å². The molecule has 2 saturated heterocycles. The number of aliphatic hydroxyl groups excluding tert-OH is 1. The lowest BCUT2D eigenvalue weighted by molar-refractivity contribution is -0.135. The number of carbonyl (C=O) groups is 3. The Hall–Kier alpha value is -3.76. The van der Waals surface area contributed by atoms with Gasteiger partial charge in [0.1, 0.15) is 5.65 Å². The first-order valence-electron chi connectivity index (χ1n) is 12.2. The highest BCUT2D eigenvalue weighted by atomic mass is 16.4. The summed E-state index contributed by atoms with van der Waals surface area (Å²) in [6.45, 7) is 4.05. The molecule has 1 amide bonds. The van der Waals surface area contributed by atoms with Gasteiger partial charge in [0.2, 0.25) is 5.91 Å². The first-order chi connectivity index (χ1) is 17.6. The molecule has 2 fully saturated rings. The van der Waals surface area contributed by atoms with Crippen molar-refractivity contribution in [3.05, 3.63) is 72.2 Å². The summed E-state index contributed by atoms with van der Waals surface area (Å²) < 4.78 is 2.07. The number of aliphatic hydroxyl groups is 1. The largest absolute Gasteiger partial charge is 0.481 e. The van der Waals surface area contributed by atoms with E-state index in [1.54, 1.807) is 0 Å². The van der Waals surface area contributed by atoms with Gasteiger partial charge in [-0.1, -0.05) is 36.4 Å². The van der Waals surface area contributed by atoms with Gasteiger partial charge in [-0.3, -0.25) is 14.4 Å². The number of carbonyl (C=O) groups excluding carboxylic acids is 1. The van der Waals surface area contributed by atoms with E-state index in [1.165, 1.54) is 5.56 Å². The number of aromatic nitrogens is 2. The minimum absolute atomic E-state index is 0.109. The van der Waals surface area contributed by atoms with E-state index in [4.69, 9.17) is 24.8 Å². The molecule has 2 aromatic heterocycles. The predicted molar refractivity (Wildman–Crippen MR) is 137 cm³/mol. The van der Waals surface area contributed by atoms with Gasteiger partial charge in [-0.15, -0.1) is 0 Å². The molecule has 0 radical (unpaired) electrons. The number of benzene rings is 1. The summed E-state index contributed by atoms with van der Waals surface area (Å²) in [4.78, 5) is 37.8. The van der Waals surface area contributed by atoms with Crippen molar-refractivity contribution in [3.8, 4) is 0 Å². The molecule has 3 aromatic rings. The molecular weight excluding hydrogens is 476 g/mol. The van der Waals surface area contributed by atoms with Crippen LogP contribution in [0.4, 0.5) is 0 Å². The fraction of sp³-hybridized carbons (Fsp3) is 0.407. The van der Waals surface area contributed by atoms with Crippen LogP contribution in [0.15, 0.2) is 60.9 Å². The van der Waals surface area contributed by atoms with Gasteiger partial charge in [0.05, 0.1) is 17.8 Å². The Kier molecular flexibility index (Phi) is 9.37. The van der Waals surface area contributed by atoms with Crippen LogP contribution < -0.4 is 5.32 Å². The molecule has 4 N–H and O–H groups in total. The zero-order valence-corrected chi connectivity index (χ0v) is 21.1. The van der Waals surface area contributed by atoms with E-state index in [9.17, 15) is 9.90 Å². The molecule has 2 aliphatic rings. The molecule has 0 unspecified atom stereocenters. The van der Waals surface area contributed by atoms with Crippen LogP contribution in [0, 0.1) is 0 Å². The molecule has 0 bridgehead atoms. The number of aliphatic carboxylic acids is 2. The number of amides is 1. The predicted octanol–water partition coefficient (Wildman–Crippen LogP) is 2.15. The van der Waals surface area contributed by atoms with Crippen LogP contribution in [-0.2, 0) is 19.8 Å². The van der Waals surface area contributed by atoms with E-state index in [1.807, 2.05) is 35.4 Å². The number of pyridine rings is 1. The van der Waals surface area contributed by atoms with Gasteiger partial charge in [-0.05, 0) is 37.0 Å². The lowest BCUT2D eigenvalue weighted by Gasteiger charge is -2.42. The zero-order valence-electron chi connectivity index (χ0n) is 21.1. The van der Waals surface area contributed by atoms with E-state index < -0.39 is 18.0 Å². The van der Waals surface area contributed by atoms with Gasteiger partial charge in [0, 0.05) is 51.3 Å². The topological polar surface area (TPSA) is 144 Å².